The average molecular weight is 325 g/mol. The molecule has 0 saturated heterocycles. The Kier molecular flexibility index (Phi) is 4.02. The predicted octanol–water partition coefficient (Wildman–Crippen LogP) is 2.20. The van der Waals surface area contributed by atoms with E-state index in [9.17, 15) is 4.79 Å². The summed E-state index contributed by atoms with van der Waals surface area (Å²) >= 11 is 5.98. The third kappa shape index (κ3) is 2.92. The highest BCUT2D eigenvalue weighted by Crippen LogP contribution is 2.29. The van der Waals surface area contributed by atoms with Gasteiger partial charge in [-0.15, -0.1) is 0 Å². The predicted molar refractivity (Wildman–Crippen MR) is 81.8 cm³/mol. The Balaban J connectivity index is 2.00. The molecule has 9 heteroatoms. The van der Waals surface area contributed by atoms with Crippen molar-refractivity contribution in [3.05, 3.63) is 11.6 Å². The van der Waals surface area contributed by atoms with Gasteiger partial charge in [-0.1, -0.05) is 12.8 Å². The van der Waals surface area contributed by atoms with E-state index in [4.69, 9.17) is 16.7 Å². The third-order valence-corrected chi connectivity index (χ3v) is 4.08. The summed E-state index contributed by atoms with van der Waals surface area (Å²) < 4.78 is 1.72. The van der Waals surface area contributed by atoms with Crippen LogP contribution in [0.3, 0.4) is 0 Å². The Bertz CT molecular complexity index is 697. The van der Waals surface area contributed by atoms with E-state index in [0.29, 0.717) is 29.4 Å². The summed E-state index contributed by atoms with van der Waals surface area (Å²) in [7, 11) is 1.80. The maximum Gasteiger partial charge on any atom is 0.423 e. The number of carbonyl (C=O) groups is 1. The van der Waals surface area contributed by atoms with Crippen LogP contribution in [-0.4, -0.2) is 37.3 Å². The molecule has 2 N–H and O–H groups in total. The van der Waals surface area contributed by atoms with Gasteiger partial charge in [-0.05, 0) is 30.4 Å². The lowest BCUT2D eigenvalue weighted by molar-refractivity contribution is 0.192. The minimum Gasteiger partial charge on any atom is -0.464 e. The van der Waals surface area contributed by atoms with Crippen LogP contribution in [0.25, 0.3) is 11.2 Å². The molecule has 118 valence electrons. The first kappa shape index (κ1) is 14.8. The fourth-order valence-electron chi connectivity index (χ4n) is 2.91. The molecule has 0 atom stereocenters. The van der Waals surface area contributed by atoms with Crippen LogP contribution < -0.4 is 10.4 Å². The number of rotatable bonds is 4. The van der Waals surface area contributed by atoms with Gasteiger partial charge < -0.3 is 9.67 Å². The zero-order valence-corrected chi connectivity index (χ0v) is 12.9. The SMILES string of the molecule is Cn1cnc2c(N(CC3CCCC3)NC(=O)O)nc(Cl)nc21. The van der Waals surface area contributed by atoms with Crippen LogP contribution >= 0.6 is 11.6 Å². The van der Waals surface area contributed by atoms with E-state index in [1.807, 2.05) is 0 Å². The zero-order valence-electron chi connectivity index (χ0n) is 12.2. The highest BCUT2D eigenvalue weighted by atomic mass is 35.5. The van der Waals surface area contributed by atoms with Crippen LogP contribution in [-0.2, 0) is 7.05 Å². The molecule has 1 fully saturated rings. The van der Waals surface area contributed by atoms with Crippen molar-refractivity contribution in [3.63, 3.8) is 0 Å². The van der Waals surface area contributed by atoms with Gasteiger partial charge in [0.1, 0.15) is 0 Å². The first-order valence-corrected chi connectivity index (χ1v) is 7.54. The Hall–Kier alpha value is -2.09. The van der Waals surface area contributed by atoms with E-state index in [1.165, 1.54) is 17.9 Å². The highest BCUT2D eigenvalue weighted by molar-refractivity contribution is 6.28. The number of hydrogen-bond acceptors (Lipinski definition) is 5. The Morgan fingerprint density at radius 2 is 2.23 bits per heavy atom. The van der Waals surface area contributed by atoms with Gasteiger partial charge >= 0.3 is 6.09 Å². The molecular weight excluding hydrogens is 308 g/mol. The minimum absolute atomic E-state index is 0.0645. The van der Waals surface area contributed by atoms with E-state index >= 15 is 0 Å². The van der Waals surface area contributed by atoms with E-state index < -0.39 is 6.09 Å². The number of carboxylic acid groups (broad SMARTS) is 1. The van der Waals surface area contributed by atoms with Crippen LogP contribution in [0.15, 0.2) is 6.33 Å². The monoisotopic (exact) mass is 324 g/mol. The number of nitrogens with zero attached hydrogens (tertiary/aromatic N) is 5. The number of hydrazine groups is 1. The second kappa shape index (κ2) is 5.96. The van der Waals surface area contributed by atoms with Gasteiger partial charge in [0.15, 0.2) is 17.0 Å². The highest BCUT2D eigenvalue weighted by Gasteiger charge is 2.24. The van der Waals surface area contributed by atoms with Crippen LogP contribution in [0.2, 0.25) is 5.28 Å². The van der Waals surface area contributed by atoms with Gasteiger partial charge in [-0.2, -0.15) is 9.97 Å². The molecule has 2 aromatic rings. The molecule has 1 aliphatic rings. The molecular formula is C13H17ClN6O2. The van der Waals surface area contributed by atoms with Crippen LogP contribution in [0.4, 0.5) is 10.6 Å². The number of hydrogen-bond donors (Lipinski definition) is 2. The molecule has 1 aliphatic carbocycles. The number of halogens is 1. The van der Waals surface area contributed by atoms with Crippen molar-refractivity contribution in [2.75, 3.05) is 11.6 Å². The molecule has 3 rings (SSSR count). The average Bonchev–Trinajstić information content (AvgIpc) is 3.08. The number of aromatic nitrogens is 4. The van der Waals surface area contributed by atoms with Crippen LogP contribution in [0, 0.1) is 5.92 Å². The normalized spacial score (nSPS) is 15.4. The van der Waals surface area contributed by atoms with Gasteiger partial charge in [0, 0.05) is 13.6 Å². The number of imidazole rings is 1. The molecule has 2 heterocycles. The maximum absolute atomic E-state index is 11.1. The molecule has 0 aliphatic heterocycles. The summed E-state index contributed by atoms with van der Waals surface area (Å²) in [4.78, 5) is 23.7. The van der Waals surface area contributed by atoms with E-state index in [-0.39, 0.29) is 5.28 Å². The van der Waals surface area contributed by atoms with Crippen molar-refractivity contribution in [1.82, 2.24) is 24.9 Å². The second-order valence-corrected chi connectivity index (χ2v) is 5.86. The molecule has 1 saturated carbocycles. The molecule has 0 radical (unpaired) electrons. The second-order valence-electron chi connectivity index (χ2n) is 5.52. The first-order chi connectivity index (χ1) is 10.5. The van der Waals surface area contributed by atoms with E-state index in [0.717, 1.165) is 12.8 Å². The van der Waals surface area contributed by atoms with Crippen molar-refractivity contribution < 1.29 is 9.90 Å². The molecule has 2 aromatic heterocycles. The minimum atomic E-state index is -1.14. The fourth-order valence-corrected chi connectivity index (χ4v) is 3.07. The van der Waals surface area contributed by atoms with Crippen LogP contribution in [0.5, 0.6) is 0 Å². The number of fused-ring (bicyclic) bond motifs is 1. The van der Waals surface area contributed by atoms with E-state index in [1.54, 1.807) is 17.9 Å². The molecule has 8 nitrogen and oxygen atoms in total. The Morgan fingerprint density at radius 3 is 2.91 bits per heavy atom. The summed E-state index contributed by atoms with van der Waals surface area (Å²) in [6.07, 6.45) is 4.98. The lowest BCUT2D eigenvalue weighted by Gasteiger charge is -2.25. The molecule has 0 aromatic carbocycles. The Labute approximate surface area is 132 Å². The van der Waals surface area contributed by atoms with Crippen LogP contribution in [0.1, 0.15) is 25.7 Å². The Morgan fingerprint density at radius 1 is 1.50 bits per heavy atom. The molecule has 0 bridgehead atoms. The van der Waals surface area contributed by atoms with Crippen molar-refractivity contribution in [2.45, 2.75) is 25.7 Å². The standard InChI is InChI=1S/C13H17ClN6O2/c1-19-7-15-9-10(19)16-12(14)17-11(9)20(18-13(21)22)6-8-4-2-3-5-8/h7-8,18H,2-6H2,1H3,(H,21,22). The number of aryl methyl sites for hydroxylation is 1. The lowest BCUT2D eigenvalue weighted by Crippen LogP contribution is -2.44. The smallest absolute Gasteiger partial charge is 0.423 e. The molecule has 22 heavy (non-hydrogen) atoms. The quantitative estimate of drug-likeness (QED) is 0.661. The van der Waals surface area contributed by atoms with E-state index in [2.05, 4.69) is 20.4 Å². The zero-order chi connectivity index (χ0) is 15.7. The molecule has 0 spiro atoms. The molecule has 1 amide bonds. The number of anilines is 1. The van der Waals surface area contributed by atoms with Gasteiger partial charge in [-0.3, -0.25) is 5.01 Å². The van der Waals surface area contributed by atoms with Gasteiger partial charge in [0.2, 0.25) is 5.28 Å². The fraction of sp³-hybridized carbons (Fsp3) is 0.538. The van der Waals surface area contributed by atoms with Crippen molar-refractivity contribution >= 4 is 34.7 Å². The maximum atomic E-state index is 11.1. The summed E-state index contributed by atoms with van der Waals surface area (Å²) in [6.45, 7) is 0.547. The topological polar surface area (TPSA) is 96.2 Å². The number of nitrogens with one attached hydrogen (secondary N) is 1. The van der Waals surface area contributed by atoms with Gasteiger partial charge in [0.25, 0.3) is 0 Å². The van der Waals surface area contributed by atoms with Crippen molar-refractivity contribution in [3.8, 4) is 0 Å². The first-order valence-electron chi connectivity index (χ1n) is 7.16. The van der Waals surface area contributed by atoms with Crippen molar-refractivity contribution in [2.24, 2.45) is 13.0 Å². The lowest BCUT2D eigenvalue weighted by atomic mass is 10.1. The summed E-state index contributed by atoms with van der Waals surface area (Å²) in [5.41, 5.74) is 3.50. The van der Waals surface area contributed by atoms with Gasteiger partial charge in [0.05, 0.1) is 6.33 Å². The van der Waals surface area contributed by atoms with Gasteiger partial charge in [-0.25, -0.2) is 15.2 Å². The van der Waals surface area contributed by atoms with Crippen molar-refractivity contribution in [1.29, 1.82) is 0 Å². The summed E-state index contributed by atoms with van der Waals surface area (Å²) in [5, 5.41) is 10.7. The number of amides is 1. The third-order valence-electron chi connectivity index (χ3n) is 3.92. The summed E-state index contributed by atoms with van der Waals surface area (Å²) in [6, 6.07) is 0. The largest absolute Gasteiger partial charge is 0.464 e. The molecule has 0 unspecified atom stereocenters. The summed E-state index contributed by atoms with van der Waals surface area (Å²) in [5.74, 6) is 0.823.